The van der Waals surface area contributed by atoms with Crippen molar-refractivity contribution in [2.45, 2.75) is 18.7 Å². The summed E-state index contributed by atoms with van der Waals surface area (Å²) in [6, 6.07) is 6.77. The van der Waals surface area contributed by atoms with E-state index in [2.05, 4.69) is 0 Å². The summed E-state index contributed by atoms with van der Waals surface area (Å²) in [6.07, 6.45) is -0.911. The number of benzene rings is 1. The van der Waals surface area contributed by atoms with Crippen molar-refractivity contribution in [3.8, 4) is 0 Å². The molecule has 0 radical (unpaired) electrons. The van der Waals surface area contributed by atoms with Crippen molar-refractivity contribution in [1.29, 1.82) is 0 Å². The van der Waals surface area contributed by atoms with E-state index >= 15 is 0 Å². The summed E-state index contributed by atoms with van der Waals surface area (Å²) in [6.45, 7) is 0.659. The Morgan fingerprint density at radius 3 is 2.65 bits per heavy atom. The van der Waals surface area contributed by atoms with E-state index < -0.39 is 22.0 Å². The number of hydrogen-bond donors (Lipinski definition) is 2. The number of hydrogen-bond acceptors (Lipinski definition) is 5. The van der Waals surface area contributed by atoms with Crippen molar-refractivity contribution in [2.75, 3.05) is 24.7 Å². The summed E-state index contributed by atoms with van der Waals surface area (Å²) >= 11 is 5.93. The monoisotopic (exact) mass is 319 g/mol. The molecule has 0 saturated carbocycles. The second-order valence-corrected chi connectivity index (χ2v) is 7.63. The molecule has 7 heteroatoms. The maximum atomic E-state index is 11.6. The Morgan fingerprint density at radius 1 is 1.35 bits per heavy atom. The van der Waals surface area contributed by atoms with Gasteiger partial charge in [0, 0.05) is 18.1 Å². The number of aliphatic hydroxyl groups is 2. The van der Waals surface area contributed by atoms with Crippen molar-refractivity contribution in [3.63, 3.8) is 0 Å². The zero-order valence-electron chi connectivity index (χ0n) is 10.9. The second kappa shape index (κ2) is 6.41. The Balaban J connectivity index is 2.15. The third kappa shape index (κ3) is 3.93. The van der Waals surface area contributed by atoms with Gasteiger partial charge in [-0.25, -0.2) is 8.42 Å². The lowest BCUT2D eigenvalue weighted by Crippen LogP contribution is -2.44. The molecule has 20 heavy (non-hydrogen) atoms. The van der Waals surface area contributed by atoms with Gasteiger partial charge in [0.2, 0.25) is 0 Å². The van der Waals surface area contributed by atoms with Crippen molar-refractivity contribution < 1.29 is 18.6 Å². The van der Waals surface area contributed by atoms with Crippen LogP contribution in [0.4, 0.5) is 0 Å². The van der Waals surface area contributed by atoms with Gasteiger partial charge in [-0.2, -0.15) is 0 Å². The van der Waals surface area contributed by atoms with Crippen LogP contribution >= 0.6 is 11.6 Å². The normalized spacial score (nSPS) is 25.2. The van der Waals surface area contributed by atoms with E-state index in [0.29, 0.717) is 18.1 Å². The standard InChI is InChI=1S/C13H18ClNO4S/c14-11-3-1-2-10(6-11)7-15(4-5-16)12-8-20(18,19)9-13(12)17/h1-3,6,12-13,16-17H,4-5,7-9H2/t12-,13-/m0/s1. The molecule has 1 fully saturated rings. The number of sulfone groups is 1. The highest BCUT2D eigenvalue weighted by molar-refractivity contribution is 7.91. The van der Waals surface area contributed by atoms with Crippen LogP contribution in [0.2, 0.25) is 5.02 Å². The van der Waals surface area contributed by atoms with Gasteiger partial charge in [-0.05, 0) is 17.7 Å². The molecule has 1 aliphatic heterocycles. The minimum Gasteiger partial charge on any atom is -0.395 e. The predicted molar refractivity (Wildman–Crippen MR) is 77.4 cm³/mol. The minimum absolute atomic E-state index is 0.0747. The Morgan fingerprint density at radius 2 is 2.10 bits per heavy atom. The van der Waals surface area contributed by atoms with Gasteiger partial charge >= 0.3 is 0 Å². The summed E-state index contributed by atoms with van der Waals surface area (Å²) in [4.78, 5) is 1.79. The molecule has 1 aromatic carbocycles. The zero-order valence-corrected chi connectivity index (χ0v) is 12.5. The van der Waals surface area contributed by atoms with Crippen LogP contribution in [0.5, 0.6) is 0 Å². The second-order valence-electron chi connectivity index (χ2n) is 5.04. The van der Waals surface area contributed by atoms with Crippen LogP contribution in [-0.4, -0.2) is 60.3 Å². The quantitative estimate of drug-likeness (QED) is 0.816. The molecular formula is C13H18ClNO4S. The number of nitrogens with zero attached hydrogens (tertiary/aromatic N) is 1. The third-order valence-electron chi connectivity index (χ3n) is 3.42. The van der Waals surface area contributed by atoms with Crippen molar-refractivity contribution in [2.24, 2.45) is 0 Å². The molecule has 1 aliphatic rings. The summed E-state index contributed by atoms with van der Waals surface area (Å²) in [5.41, 5.74) is 0.919. The summed E-state index contributed by atoms with van der Waals surface area (Å²) < 4.78 is 23.2. The van der Waals surface area contributed by atoms with Crippen LogP contribution < -0.4 is 0 Å². The zero-order chi connectivity index (χ0) is 14.8. The summed E-state index contributed by atoms with van der Waals surface area (Å²) in [5.74, 6) is -0.288. The Hall–Kier alpha value is -0.660. The summed E-state index contributed by atoms with van der Waals surface area (Å²) in [5, 5.41) is 19.7. The van der Waals surface area contributed by atoms with Crippen LogP contribution in [0, 0.1) is 0 Å². The van der Waals surface area contributed by atoms with Gasteiger partial charge in [-0.3, -0.25) is 4.90 Å². The van der Waals surface area contributed by atoms with E-state index in [-0.39, 0.29) is 18.1 Å². The molecule has 1 saturated heterocycles. The van der Waals surface area contributed by atoms with Gasteiger partial charge < -0.3 is 10.2 Å². The number of rotatable bonds is 5. The smallest absolute Gasteiger partial charge is 0.154 e. The first-order valence-electron chi connectivity index (χ1n) is 6.39. The van der Waals surface area contributed by atoms with Crippen molar-refractivity contribution in [3.05, 3.63) is 34.9 Å². The van der Waals surface area contributed by atoms with Crippen LogP contribution in [0.15, 0.2) is 24.3 Å². The van der Waals surface area contributed by atoms with Crippen LogP contribution in [0.1, 0.15) is 5.56 Å². The van der Waals surface area contributed by atoms with E-state index in [0.717, 1.165) is 5.56 Å². The van der Waals surface area contributed by atoms with E-state index in [4.69, 9.17) is 16.7 Å². The van der Waals surface area contributed by atoms with E-state index in [9.17, 15) is 13.5 Å². The molecule has 1 aromatic rings. The third-order valence-corrected chi connectivity index (χ3v) is 5.36. The molecule has 2 rings (SSSR count). The highest BCUT2D eigenvalue weighted by Crippen LogP contribution is 2.21. The average Bonchev–Trinajstić information content (AvgIpc) is 2.62. The SMILES string of the molecule is O=S1(=O)C[C@H](O)[C@@H](N(CCO)Cc2cccc(Cl)c2)C1. The highest BCUT2D eigenvalue weighted by Gasteiger charge is 2.39. The fraction of sp³-hybridized carbons (Fsp3) is 0.538. The maximum absolute atomic E-state index is 11.6. The summed E-state index contributed by atoms with van der Waals surface area (Å²) in [7, 11) is -3.21. The Labute approximate surface area is 123 Å². The molecule has 5 nitrogen and oxygen atoms in total. The Kier molecular flexibility index (Phi) is 5.04. The van der Waals surface area contributed by atoms with Crippen molar-refractivity contribution >= 4 is 21.4 Å². The fourth-order valence-corrected chi connectivity index (χ4v) is 4.56. The van der Waals surface area contributed by atoms with Crippen molar-refractivity contribution in [1.82, 2.24) is 4.90 Å². The van der Waals surface area contributed by atoms with Gasteiger partial charge in [-0.1, -0.05) is 23.7 Å². The average molecular weight is 320 g/mol. The number of aliphatic hydroxyl groups excluding tert-OH is 2. The van der Waals surface area contributed by atoms with E-state index in [1.807, 2.05) is 12.1 Å². The first-order chi connectivity index (χ1) is 9.41. The molecule has 112 valence electrons. The molecule has 1 heterocycles. The molecule has 0 aromatic heterocycles. The van der Waals surface area contributed by atoms with Gasteiger partial charge in [0.05, 0.1) is 30.3 Å². The Bertz CT molecular complexity index is 563. The molecule has 0 aliphatic carbocycles. The number of halogens is 1. The highest BCUT2D eigenvalue weighted by atomic mass is 35.5. The fourth-order valence-electron chi connectivity index (χ4n) is 2.52. The van der Waals surface area contributed by atoms with E-state index in [1.54, 1.807) is 17.0 Å². The van der Waals surface area contributed by atoms with Gasteiger partial charge in [0.15, 0.2) is 9.84 Å². The van der Waals surface area contributed by atoms with Gasteiger partial charge in [-0.15, -0.1) is 0 Å². The topological polar surface area (TPSA) is 77.8 Å². The largest absolute Gasteiger partial charge is 0.395 e. The van der Waals surface area contributed by atoms with E-state index in [1.165, 1.54) is 0 Å². The molecule has 2 N–H and O–H groups in total. The lowest BCUT2D eigenvalue weighted by molar-refractivity contribution is 0.0655. The minimum atomic E-state index is -3.21. The first kappa shape index (κ1) is 15.7. The lowest BCUT2D eigenvalue weighted by Gasteiger charge is -2.29. The maximum Gasteiger partial charge on any atom is 0.154 e. The lowest BCUT2D eigenvalue weighted by atomic mass is 10.1. The molecule has 0 spiro atoms. The van der Waals surface area contributed by atoms with Crippen LogP contribution in [0.3, 0.4) is 0 Å². The molecule has 0 unspecified atom stereocenters. The molecular weight excluding hydrogens is 302 g/mol. The first-order valence-corrected chi connectivity index (χ1v) is 8.59. The van der Waals surface area contributed by atoms with Crippen LogP contribution in [0.25, 0.3) is 0 Å². The molecule has 2 atom stereocenters. The van der Waals surface area contributed by atoms with Gasteiger partial charge in [0.1, 0.15) is 0 Å². The van der Waals surface area contributed by atoms with Crippen LogP contribution in [-0.2, 0) is 16.4 Å². The molecule has 0 bridgehead atoms. The predicted octanol–water partition coefficient (Wildman–Crippen LogP) is 0.292. The molecule has 0 amide bonds. The van der Waals surface area contributed by atoms with Gasteiger partial charge in [0.25, 0.3) is 0 Å².